The van der Waals surface area contributed by atoms with Gasteiger partial charge in [-0.3, -0.25) is 4.79 Å². The molecule has 3 rings (SSSR count). The lowest BCUT2D eigenvalue weighted by Gasteiger charge is -2.08. The van der Waals surface area contributed by atoms with Crippen LogP contribution in [0, 0.1) is 0 Å². The average molecular weight is 338 g/mol. The molecule has 2 N–H and O–H groups in total. The summed E-state index contributed by atoms with van der Waals surface area (Å²) < 4.78 is 12.4. The van der Waals surface area contributed by atoms with Crippen LogP contribution in [0.25, 0.3) is 10.9 Å². The van der Waals surface area contributed by atoms with Crippen LogP contribution in [-0.2, 0) is 23.2 Å². The van der Waals surface area contributed by atoms with Crippen molar-refractivity contribution in [3.8, 4) is 5.75 Å². The number of para-hydroxylation sites is 1. The van der Waals surface area contributed by atoms with E-state index in [0.717, 1.165) is 16.5 Å². The van der Waals surface area contributed by atoms with Gasteiger partial charge in [-0.05, 0) is 29.8 Å². The lowest BCUT2D eigenvalue weighted by molar-refractivity contribution is -0.119. The molecule has 0 fully saturated rings. The minimum Gasteiger partial charge on any atom is -0.484 e. The highest BCUT2D eigenvalue weighted by Crippen LogP contribution is 2.20. The van der Waals surface area contributed by atoms with Gasteiger partial charge in [0.2, 0.25) is 0 Å². The number of nitrogens with two attached hydrogens (primary N) is 1. The van der Waals surface area contributed by atoms with Gasteiger partial charge < -0.3 is 19.8 Å². The maximum absolute atomic E-state index is 12.4. The van der Waals surface area contributed by atoms with Gasteiger partial charge in [0, 0.05) is 18.0 Å². The van der Waals surface area contributed by atoms with E-state index in [1.165, 1.54) is 0 Å². The minimum atomic E-state index is -0.549. The smallest absolute Gasteiger partial charge is 0.355 e. The van der Waals surface area contributed by atoms with Crippen LogP contribution in [0.15, 0.2) is 54.6 Å². The third-order valence-electron chi connectivity index (χ3n) is 3.81. The van der Waals surface area contributed by atoms with Gasteiger partial charge >= 0.3 is 5.97 Å². The van der Waals surface area contributed by atoms with Crippen LogP contribution >= 0.6 is 0 Å². The van der Waals surface area contributed by atoms with Gasteiger partial charge in [0.15, 0.2) is 6.61 Å². The second kappa shape index (κ2) is 7.09. The van der Waals surface area contributed by atoms with E-state index in [1.807, 2.05) is 48.0 Å². The van der Waals surface area contributed by atoms with E-state index in [4.69, 9.17) is 15.2 Å². The first-order valence-corrected chi connectivity index (χ1v) is 7.76. The van der Waals surface area contributed by atoms with E-state index < -0.39 is 11.9 Å². The van der Waals surface area contributed by atoms with Gasteiger partial charge in [0.1, 0.15) is 18.1 Å². The first-order valence-electron chi connectivity index (χ1n) is 7.76. The number of hydrogen-bond donors (Lipinski definition) is 1. The number of nitrogens with zero attached hydrogens (tertiary/aromatic N) is 1. The van der Waals surface area contributed by atoms with Crippen LogP contribution in [0.5, 0.6) is 5.75 Å². The van der Waals surface area contributed by atoms with Crippen LogP contribution in [-0.4, -0.2) is 23.1 Å². The lowest BCUT2D eigenvalue weighted by atomic mass is 10.2. The van der Waals surface area contributed by atoms with Crippen LogP contribution < -0.4 is 10.5 Å². The Kier molecular flexibility index (Phi) is 4.70. The van der Waals surface area contributed by atoms with Crippen LogP contribution in [0.4, 0.5) is 0 Å². The number of hydrogen-bond acceptors (Lipinski definition) is 4. The van der Waals surface area contributed by atoms with E-state index in [2.05, 4.69) is 0 Å². The molecule has 2 aromatic carbocycles. The molecular weight excluding hydrogens is 320 g/mol. The van der Waals surface area contributed by atoms with Gasteiger partial charge in [-0.15, -0.1) is 0 Å². The minimum absolute atomic E-state index is 0.105. The number of aromatic nitrogens is 1. The fourth-order valence-corrected chi connectivity index (χ4v) is 2.59. The molecule has 1 aromatic heterocycles. The summed E-state index contributed by atoms with van der Waals surface area (Å²) in [5.74, 6) is -0.452. The number of aryl methyl sites for hydroxylation is 1. The molecule has 0 unspecified atom stereocenters. The summed E-state index contributed by atoms with van der Waals surface area (Å²) in [6.07, 6.45) is 0. The topological polar surface area (TPSA) is 83.6 Å². The largest absolute Gasteiger partial charge is 0.484 e. The number of fused-ring (bicyclic) bond motifs is 1. The molecule has 0 aliphatic rings. The molecule has 0 aliphatic carbocycles. The molecule has 6 heteroatoms. The second-order valence-electron chi connectivity index (χ2n) is 5.63. The van der Waals surface area contributed by atoms with E-state index in [9.17, 15) is 9.59 Å². The second-order valence-corrected chi connectivity index (χ2v) is 5.63. The highest BCUT2D eigenvalue weighted by molar-refractivity contribution is 5.95. The van der Waals surface area contributed by atoms with E-state index in [-0.39, 0.29) is 13.2 Å². The third kappa shape index (κ3) is 3.80. The molecule has 0 spiro atoms. The molecule has 25 heavy (non-hydrogen) atoms. The number of carbonyl (C=O) groups excluding carboxylic acids is 2. The van der Waals surface area contributed by atoms with Crippen molar-refractivity contribution in [1.82, 2.24) is 4.57 Å². The monoisotopic (exact) mass is 338 g/mol. The van der Waals surface area contributed by atoms with Gasteiger partial charge in [-0.2, -0.15) is 0 Å². The van der Waals surface area contributed by atoms with Crippen molar-refractivity contribution in [2.75, 3.05) is 6.61 Å². The van der Waals surface area contributed by atoms with Crippen molar-refractivity contribution in [1.29, 1.82) is 0 Å². The number of benzene rings is 2. The van der Waals surface area contributed by atoms with Gasteiger partial charge in [0.05, 0.1) is 0 Å². The zero-order chi connectivity index (χ0) is 17.8. The predicted molar refractivity (Wildman–Crippen MR) is 93.2 cm³/mol. The zero-order valence-electron chi connectivity index (χ0n) is 13.8. The van der Waals surface area contributed by atoms with Crippen molar-refractivity contribution in [3.63, 3.8) is 0 Å². The molecule has 3 aromatic rings. The fraction of sp³-hybridized carbons (Fsp3) is 0.158. The molecule has 1 heterocycles. The van der Waals surface area contributed by atoms with Crippen LogP contribution in [0.2, 0.25) is 0 Å². The summed E-state index contributed by atoms with van der Waals surface area (Å²) in [5, 5.41) is 0.985. The Morgan fingerprint density at radius 2 is 1.88 bits per heavy atom. The lowest BCUT2D eigenvalue weighted by Crippen LogP contribution is -2.20. The zero-order valence-corrected chi connectivity index (χ0v) is 13.8. The molecule has 0 atom stereocenters. The molecule has 0 aliphatic heterocycles. The Hall–Kier alpha value is -3.28. The van der Waals surface area contributed by atoms with E-state index in [0.29, 0.717) is 11.4 Å². The number of carbonyl (C=O) groups is 2. The Balaban J connectivity index is 1.68. The van der Waals surface area contributed by atoms with Crippen LogP contribution in [0.3, 0.4) is 0 Å². The Labute approximate surface area is 144 Å². The summed E-state index contributed by atoms with van der Waals surface area (Å²) in [6.45, 7) is -0.0900. The number of rotatable bonds is 6. The Bertz CT molecular complexity index is 930. The van der Waals surface area contributed by atoms with E-state index in [1.54, 1.807) is 18.2 Å². The number of ether oxygens (including phenoxy) is 2. The highest BCUT2D eigenvalue weighted by atomic mass is 16.5. The Morgan fingerprint density at radius 3 is 2.64 bits per heavy atom. The SMILES string of the molecule is Cn1c(C(=O)OCc2cccc(OCC(N)=O)c2)cc2ccccc21. The summed E-state index contributed by atoms with van der Waals surface area (Å²) >= 11 is 0. The van der Waals surface area contributed by atoms with Gasteiger partial charge in [0.25, 0.3) is 5.91 Å². The van der Waals surface area contributed by atoms with Gasteiger partial charge in [-0.25, -0.2) is 4.79 Å². The molecule has 6 nitrogen and oxygen atoms in total. The summed E-state index contributed by atoms with van der Waals surface area (Å²) in [7, 11) is 1.83. The van der Waals surface area contributed by atoms with Crippen molar-refractivity contribution >= 4 is 22.8 Å². The number of primary amides is 1. The quantitative estimate of drug-likeness (QED) is 0.700. The molecular formula is C19H18N2O4. The normalized spacial score (nSPS) is 10.6. The Morgan fingerprint density at radius 1 is 1.08 bits per heavy atom. The highest BCUT2D eigenvalue weighted by Gasteiger charge is 2.14. The van der Waals surface area contributed by atoms with Gasteiger partial charge in [-0.1, -0.05) is 30.3 Å². The van der Waals surface area contributed by atoms with Crippen molar-refractivity contribution in [3.05, 3.63) is 65.9 Å². The first-order chi connectivity index (χ1) is 12.0. The molecule has 0 saturated carbocycles. The maximum Gasteiger partial charge on any atom is 0.355 e. The number of esters is 1. The molecule has 0 saturated heterocycles. The van der Waals surface area contributed by atoms with Crippen molar-refractivity contribution in [2.24, 2.45) is 12.8 Å². The van der Waals surface area contributed by atoms with E-state index >= 15 is 0 Å². The standard InChI is InChI=1S/C19H18N2O4/c1-21-16-8-3-2-6-14(16)10-17(21)19(23)25-11-13-5-4-7-15(9-13)24-12-18(20)22/h2-10H,11-12H2,1H3,(H2,20,22). The molecule has 128 valence electrons. The summed E-state index contributed by atoms with van der Waals surface area (Å²) in [6, 6.07) is 16.5. The average Bonchev–Trinajstić information content (AvgIpc) is 2.95. The maximum atomic E-state index is 12.4. The first kappa shape index (κ1) is 16.6. The molecule has 0 radical (unpaired) electrons. The fourth-order valence-electron chi connectivity index (χ4n) is 2.59. The molecule has 1 amide bonds. The van der Waals surface area contributed by atoms with Crippen molar-refractivity contribution < 1.29 is 19.1 Å². The number of amides is 1. The molecule has 0 bridgehead atoms. The summed E-state index contributed by atoms with van der Waals surface area (Å²) in [4.78, 5) is 23.1. The van der Waals surface area contributed by atoms with Crippen molar-refractivity contribution in [2.45, 2.75) is 6.61 Å². The third-order valence-corrected chi connectivity index (χ3v) is 3.81. The predicted octanol–water partition coefficient (Wildman–Crippen LogP) is 2.40. The summed E-state index contributed by atoms with van der Waals surface area (Å²) in [5.41, 5.74) is 7.27. The van der Waals surface area contributed by atoms with Crippen LogP contribution in [0.1, 0.15) is 16.1 Å².